The van der Waals surface area contributed by atoms with Gasteiger partial charge in [-0.05, 0) is 6.42 Å². The van der Waals surface area contributed by atoms with Crippen LogP contribution in [0.1, 0.15) is 6.42 Å². The average Bonchev–Trinajstić information content (AvgIpc) is 2.26. The molecular formula is C10H20N4. The number of aliphatic imine (C=N–C) groups is 1. The van der Waals surface area contributed by atoms with Crippen LogP contribution in [-0.4, -0.2) is 51.1 Å². The van der Waals surface area contributed by atoms with E-state index in [9.17, 15) is 0 Å². The third-order valence-corrected chi connectivity index (χ3v) is 2.32. The van der Waals surface area contributed by atoms with Crippen LogP contribution in [0.25, 0.3) is 0 Å². The van der Waals surface area contributed by atoms with Crippen molar-refractivity contribution in [3.63, 3.8) is 0 Å². The van der Waals surface area contributed by atoms with Crippen molar-refractivity contribution in [3.05, 3.63) is 12.2 Å². The molecule has 0 aromatic rings. The SMILES string of the molecule is CN=C(NC)NCCN1CC=CCC1. The Morgan fingerprint density at radius 3 is 2.93 bits per heavy atom. The molecule has 1 rings (SSSR count). The second kappa shape index (κ2) is 6.43. The van der Waals surface area contributed by atoms with Gasteiger partial charge in [0, 0.05) is 40.3 Å². The molecular weight excluding hydrogens is 176 g/mol. The average molecular weight is 196 g/mol. The third-order valence-electron chi connectivity index (χ3n) is 2.32. The lowest BCUT2D eigenvalue weighted by Gasteiger charge is -2.23. The Bertz CT molecular complexity index is 210. The Balaban J connectivity index is 2.11. The quantitative estimate of drug-likeness (QED) is 0.380. The smallest absolute Gasteiger partial charge is 0.190 e. The van der Waals surface area contributed by atoms with Crippen LogP contribution in [0.2, 0.25) is 0 Å². The minimum Gasteiger partial charge on any atom is -0.359 e. The largest absolute Gasteiger partial charge is 0.359 e. The maximum atomic E-state index is 4.05. The van der Waals surface area contributed by atoms with Gasteiger partial charge >= 0.3 is 0 Å². The van der Waals surface area contributed by atoms with Crippen molar-refractivity contribution in [2.75, 3.05) is 40.3 Å². The Labute approximate surface area is 86.1 Å². The molecule has 1 aliphatic heterocycles. The van der Waals surface area contributed by atoms with E-state index in [0.717, 1.165) is 25.6 Å². The molecule has 0 saturated carbocycles. The molecule has 1 heterocycles. The maximum absolute atomic E-state index is 4.05. The molecule has 0 atom stereocenters. The number of hydrogen-bond donors (Lipinski definition) is 2. The zero-order valence-corrected chi connectivity index (χ0v) is 9.08. The van der Waals surface area contributed by atoms with Crippen LogP contribution >= 0.6 is 0 Å². The highest BCUT2D eigenvalue weighted by Gasteiger charge is 2.04. The second-order valence-electron chi connectivity index (χ2n) is 3.31. The number of guanidine groups is 1. The maximum Gasteiger partial charge on any atom is 0.190 e. The van der Waals surface area contributed by atoms with Gasteiger partial charge in [0.1, 0.15) is 0 Å². The highest BCUT2D eigenvalue weighted by atomic mass is 15.2. The summed E-state index contributed by atoms with van der Waals surface area (Å²) < 4.78 is 0. The molecule has 0 bridgehead atoms. The first kappa shape index (κ1) is 11.0. The van der Waals surface area contributed by atoms with Gasteiger partial charge in [0.2, 0.25) is 0 Å². The van der Waals surface area contributed by atoms with Crippen molar-refractivity contribution in [3.8, 4) is 0 Å². The summed E-state index contributed by atoms with van der Waals surface area (Å²) in [6.07, 6.45) is 5.66. The summed E-state index contributed by atoms with van der Waals surface area (Å²) >= 11 is 0. The molecule has 0 fully saturated rings. The van der Waals surface area contributed by atoms with Crippen LogP contribution in [0.15, 0.2) is 17.1 Å². The van der Waals surface area contributed by atoms with Gasteiger partial charge < -0.3 is 10.6 Å². The first-order valence-electron chi connectivity index (χ1n) is 5.12. The monoisotopic (exact) mass is 196 g/mol. The fourth-order valence-corrected chi connectivity index (χ4v) is 1.50. The predicted octanol–water partition coefficient (Wildman–Crippen LogP) is 0.0431. The van der Waals surface area contributed by atoms with E-state index >= 15 is 0 Å². The number of hydrogen-bond acceptors (Lipinski definition) is 2. The van der Waals surface area contributed by atoms with Crippen LogP contribution < -0.4 is 10.6 Å². The lowest BCUT2D eigenvalue weighted by atomic mass is 10.2. The molecule has 1 aliphatic rings. The molecule has 0 aliphatic carbocycles. The molecule has 2 N–H and O–H groups in total. The summed E-state index contributed by atoms with van der Waals surface area (Å²) in [6.45, 7) is 4.28. The van der Waals surface area contributed by atoms with Gasteiger partial charge in [-0.3, -0.25) is 9.89 Å². The van der Waals surface area contributed by atoms with E-state index in [4.69, 9.17) is 0 Å². The normalized spacial score (nSPS) is 18.3. The van der Waals surface area contributed by atoms with Gasteiger partial charge in [-0.15, -0.1) is 0 Å². The summed E-state index contributed by atoms with van der Waals surface area (Å²) in [5.74, 6) is 0.859. The van der Waals surface area contributed by atoms with Crippen molar-refractivity contribution in [1.29, 1.82) is 0 Å². The van der Waals surface area contributed by atoms with Crippen molar-refractivity contribution < 1.29 is 0 Å². The van der Waals surface area contributed by atoms with Gasteiger partial charge in [0.15, 0.2) is 5.96 Å². The minimum absolute atomic E-state index is 0.859. The zero-order valence-electron chi connectivity index (χ0n) is 9.08. The highest BCUT2D eigenvalue weighted by Crippen LogP contribution is 1.98. The first-order valence-corrected chi connectivity index (χ1v) is 5.12. The summed E-state index contributed by atoms with van der Waals surface area (Å²) in [6, 6.07) is 0. The van der Waals surface area contributed by atoms with Crippen LogP contribution in [0.5, 0.6) is 0 Å². The first-order chi connectivity index (χ1) is 6.86. The molecule has 0 amide bonds. The van der Waals surface area contributed by atoms with Crippen LogP contribution in [0, 0.1) is 0 Å². The van der Waals surface area contributed by atoms with Crippen molar-refractivity contribution >= 4 is 5.96 Å². The van der Waals surface area contributed by atoms with Crippen molar-refractivity contribution in [2.24, 2.45) is 4.99 Å². The second-order valence-corrected chi connectivity index (χ2v) is 3.31. The van der Waals surface area contributed by atoms with E-state index in [1.165, 1.54) is 13.0 Å². The molecule has 4 heteroatoms. The van der Waals surface area contributed by atoms with Gasteiger partial charge in [0.05, 0.1) is 0 Å². The van der Waals surface area contributed by atoms with E-state index in [1.807, 2.05) is 7.05 Å². The Hall–Kier alpha value is -1.03. The van der Waals surface area contributed by atoms with E-state index in [2.05, 4.69) is 32.7 Å². The van der Waals surface area contributed by atoms with E-state index in [-0.39, 0.29) is 0 Å². The summed E-state index contributed by atoms with van der Waals surface area (Å²) in [5.41, 5.74) is 0. The zero-order chi connectivity index (χ0) is 10.2. The lowest BCUT2D eigenvalue weighted by Crippen LogP contribution is -2.40. The predicted molar refractivity (Wildman–Crippen MR) is 60.6 cm³/mol. The highest BCUT2D eigenvalue weighted by molar-refractivity contribution is 5.79. The lowest BCUT2D eigenvalue weighted by molar-refractivity contribution is 0.303. The summed E-state index contributed by atoms with van der Waals surface area (Å²) in [7, 11) is 3.65. The Morgan fingerprint density at radius 1 is 1.50 bits per heavy atom. The molecule has 0 aromatic carbocycles. The van der Waals surface area contributed by atoms with Gasteiger partial charge in [-0.2, -0.15) is 0 Å². The minimum atomic E-state index is 0.859. The summed E-state index contributed by atoms with van der Waals surface area (Å²) in [4.78, 5) is 6.48. The molecule has 0 saturated heterocycles. The van der Waals surface area contributed by atoms with Crippen molar-refractivity contribution in [1.82, 2.24) is 15.5 Å². The molecule has 0 radical (unpaired) electrons. The fourth-order valence-electron chi connectivity index (χ4n) is 1.50. The Kier molecular flexibility index (Phi) is 5.07. The summed E-state index contributed by atoms with van der Waals surface area (Å²) in [5, 5.41) is 6.24. The molecule has 0 unspecified atom stereocenters. The molecule has 0 aromatic heterocycles. The molecule has 80 valence electrons. The number of rotatable bonds is 3. The van der Waals surface area contributed by atoms with Crippen molar-refractivity contribution in [2.45, 2.75) is 6.42 Å². The number of nitrogens with one attached hydrogen (secondary N) is 2. The van der Waals surface area contributed by atoms with Gasteiger partial charge in [0.25, 0.3) is 0 Å². The topological polar surface area (TPSA) is 39.7 Å². The third kappa shape index (κ3) is 3.79. The fraction of sp³-hybridized carbons (Fsp3) is 0.700. The molecule has 0 spiro atoms. The van der Waals surface area contributed by atoms with Crippen LogP contribution in [-0.2, 0) is 0 Å². The number of nitrogens with zero attached hydrogens (tertiary/aromatic N) is 2. The van der Waals surface area contributed by atoms with Gasteiger partial charge in [-0.1, -0.05) is 12.2 Å². The van der Waals surface area contributed by atoms with E-state index in [1.54, 1.807) is 7.05 Å². The molecule has 14 heavy (non-hydrogen) atoms. The standard InChI is InChI=1S/C10H20N4/c1-11-10(12-2)13-6-9-14-7-4-3-5-8-14/h3-4H,5-9H2,1-2H3,(H2,11,12,13). The van der Waals surface area contributed by atoms with Crippen LogP contribution in [0.3, 0.4) is 0 Å². The van der Waals surface area contributed by atoms with Crippen LogP contribution in [0.4, 0.5) is 0 Å². The molecule has 4 nitrogen and oxygen atoms in total. The van der Waals surface area contributed by atoms with E-state index in [0.29, 0.717) is 0 Å². The Morgan fingerprint density at radius 2 is 2.36 bits per heavy atom. The van der Waals surface area contributed by atoms with Gasteiger partial charge in [-0.25, -0.2) is 0 Å². The van der Waals surface area contributed by atoms with E-state index < -0.39 is 0 Å².